The van der Waals surface area contributed by atoms with Crippen LogP contribution in [0.3, 0.4) is 0 Å². The third kappa shape index (κ3) is 7.02. The number of guanidine groups is 1. The summed E-state index contributed by atoms with van der Waals surface area (Å²) in [6.07, 6.45) is 5.23. The molecule has 3 rings (SSSR count). The third-order valence-electron chi connectivity index (χ3n) is 6.08. The van der Waals surface area contributed by atoms with Gasteiger partial charge in [0.25, 0.3) is 0 Å². The fourth-order valence-corrected chi connectivity index (χ4v) is 4.02. The van der Waals surface area contributed by atoms with Crippen LogP contribution in [0.1, 0.15) is 37.7 Å². The van der Waals surface area contributed by atoms with E-state index in [9.17, 15) is 4.79 Å². The second kappa shape index (κ2) is 11.8. The number of likely N-dealkylation sites (tertiary alicyclic amines) is 1. The molecule has 0 bridgehead atoms. The van der Waals surface area contributed by atoms with E-state index in [1.807, 2.05) is 6.07 Å². The zero-order chi connectivity index (χ0) is 22.1. The number of hydrogen-bond acceptors (Lipinski definition) is 5. The van der Waals surface area contributed by atoms with Crippen LogP contribution in [0.5, 0.6) is 11.5 Å². The van der Waals surface area contributed by atoms with Crippen molar-refractivity contribution < 1.29 is 14.3 Å². The standard InChI is InChI=1S/C23H37N5O3/c1-24-23(26-10-5-9-25-22(29)18-6-4-7-18)27-19-8-11-28(16-19)15-17-12-20(30-2)14-21(13-17)31-3/h12-14,18-19H,4-11,15-16H2,1-3H3,(H,25,29)(H2,24,26,27). The summed E-state index contributed by atoms with van der Waals surface area (Å²) in [6.45, 7) is 4.34. The summed E-state index contributed by atoms with van der Waals surface area (Å²) >= 11 is 0. The number of benzene rings is 1. The summed E-state index contributed by atoms with van der Waals surface area (Å²) < 4.78 is 10.8. The molecule has 1 heterocycles. The predicted octanol–water partition coefficient (Wildman–Crippen LogP) is 1.75. The maximum Gasteiger partial charge on any atom is 0.223 e. The Morgan fingerprint density at radius 1 is 1.10 bits per heavy atom. The summed E-state index contributed by atoms with van der Waals surface area (Å²) in [7, 11) is 5.15. The van der Waals surface area contributed by atoms with Crippen LogP contribution in [0.15, 0.2) is 23.2 Å². The lowest BCUT2D eigenvalue weighted by molar-refractivity contribution is -0.127. The van der Waals surface area contributed by atoms with E-state index in [2.05, 4.69) is 38.0 Å². The molecule has 1 saturated carbocycles. The Morgan fingerprint density at radius 3 is 2.42 bits per heavy atom. The molecule has 31 heavy (non-hydrogen) atoms. The van der Waals surface area contributed by atoms with Crippen molar-refractivity contribution in [3.63, 3.8) is 0 Å². The highest BCUT2D eigenvalue weighted by Crippen LogP contribution is 2.26. The second-order valence-corrected chi connectivity index (χ2v) is 8.36. The van der Waals surface area contributed by atoms with Gasteiger partial charge in [0.2, 0.25) is 5.91 Å². The SMILES string of the molecule is CN=C(NCCCNC(=O)C1CCC1)NC1CCN(Cc2cc(OC)cc(OC)c2)C1. The van der Waals surface area contributed by atoms with E-state index < -0.39 is 0 Å². The molecular formula is C23H37N5O3. The first-order chi connectivity index (χ1) is 15.1. The number of methoxy groups -OCH3 is 2. The Morgan fingerprint density at radius 2 is 1.81 bits per heavy atom. The van der Waals surface area contributed by atoms with Crippen molar-refractivity contribution in [3.8, 4) is 11.5 Å². The second-order valence-electron chi connectivity index (χ2n) is 8.36. The minimum atomic E-state index is 0.216. The number of amides is 1. The zero-order valence-corrected chi connectivity index (χ0v) is 19.1. The topological polar surface area (TPSA) is 87.2 Å². The molecule has 1 aromatic carbocycles. The van der Waals surface area contributed by atoms with Gasteiger partial charge in [-0.2, -0.15) is 0 Å². The maximum absolute atomic E-state index is 11.9. The lowest BCUT2D eigenvalue weighted by atomic mass is 9.85. The van der Waals surface area contributed by atoms with Crippen molar-refractivity contribution in [2.75, 3.05) is 47.4 Å². The van der Waals surface area contributed by atoms with Gasteiger partial charge in [0, 0.05) is 57.8 Å². The van der Waals surface area contributed by atoms with Gasteiger partial charge in [-0.05, 0) is 43.4 Å². The molecule has 0 spiro atoms. The summed E-state index contributed by atoms with van der Waals surface area (Å²) in [5, 5.41) is 9.91. The Balaban J connectivity index is 1.36. The van der Waals surface area contributed by atoms with E-state index in [1.54, 1.807) is 21.3 Å². The minimum absolute atomic E-state index is 0.216. The minimum Gasteiger partial charge on any atom is -0.497 e. The molecular weight excluding hydrogens is 394 g/mol. The largest absolute Gasteiger partial charge is 0.497 e. The smallest absolute Gasteiger partial charge is 0.223 e. The molecule has 1 unspecified atom stereocenters. The van der Waals surface area contributed by atoms with E-state index in [-0.39, 0.29) is 11.8 Å². The maximum atomic E-state index is 11.9. The van der Waals surface area contributed by atoms with Gasteiger partial charge in [-0.25, -0.2) is 0 Å². The van der Waals surface area contributed by atoms with Crippen LogP contribution in [0, 0.1) is 5.92 Å². The molecule has 1 saturated heterocycles. The molecule has 0 radical (unpaired) electrons. The molecule has 172 valence electrons. The van der Waals surface area contributed by atoms with Crippen LogP contribution in [-0.4, -0.2) is 70.3 Å². The molecule has 1 atom stereocenters. The average molecular weight is 432 g/mol. The number of ether oxygens (including phenoxy) is 2. The molecule has 1 amide bonds. The highest BCUT2D eigenvalue weighted by molar-refractivity contribution is 5.80. The van der Waals surface area contributed by atoms with Crippen molar-refractivity contribution in [2.45, 2.75) is 44.7 Å². The normalized spacial score (nSPS) is 19.6. The molecule has 2 fully saturated rings. The van der Waals surface area contributed by atoms with E-state index in [1.165, 1.54) is 12.0 Å². The van der Waals surface area contributed by atoms with E-state index >= 15 is 0 Å². The average Bonchev–Trinajstić information content (AvgIpc) is 3.17. The number of nitrogens with one attached hydrogen (secondary N) is 3. The molecule has 1 aliphatic carbocycles. The van der Waals surface area contributed by atoms with Crippen molar-refractivity contribution in [2.24, 2.45) is 10.9 Å². The number of rotatable bonds is 10. The van der Waals surface area contributed by atoms with Crippen LogP contribution in [0.4, 0.5) is 0 Å². The van der Waals surface area contributed by atoms with Gasteiger partial charge < -0.3 is 25.4 Å². The molecule has 1 aliphatic heterocycles. The van der Waals surface area contributed by atoms with Crippen molar-refractivity contribution >= 4 is 11.9 Å². The van der Waals surface area contributed by atoms with E-state index in [4.69, 9.17) is 9.47 Å². The van der Waals surface area contributed by atoms with Crippen LogP contribution < -0.4 is 25.4 Å². The van der Waals surface area contributed by atoms with Crippen molar-refractivity contribution in [1.29, 1.82) is 0 Å². The number of aliphatic imine (C=N–C) groups is 1. The van der Waals surface area contributed by atoms with Gasteiger partial charge in [-0.1, -0.05) is 6.42 Å². The van der Waals surface area contributed by atoms with Gasteiger partial charge in [0.05, 0.1) is 14.2 Å². The number of carbonyl (C=O) groups is 1. The zero-order valence-electron chi connectivity index (χ0n) is 19.1. The Bertz CT molecular complexity index is 728. The van der Waals surface area contributed by atoms with Gasteiger partial charge >= 0.3 is 0 Å². The van der Waals surface area contributed by atoms with Gasteiger partial charge in [-0.15, -0.1) is 0 Å². The lowest BCUT2D eigenvalue weighted by Crippen LogP contribution is -2.45. The first kappa shape index (κ1) is 23.2. The first-order valence-electron chi connectivity index (χ1n) is 11.3. The first-order valence-corrected chi connectivity index (χ1v) is 11.3. The third-order valence-corrected chi connectivity index (χ3v) is 6.08. The summed E-state index contributed by atoms with van der Waals surface area (Å²) in [6, 6.07) is 6.38. The Kier molecular flexibility index (Phi) is 8.82. The molecule has 0 aromatic heterocycles. The van der Waals surface area contributed by atoms with Crippen LogP contribution in [-0.2, 0) is 11.3 Å². The van der Waals surface area contributed by atoms with Crippen molar-refractivity contribution in [3.05, 3.63) is 23.8 Å². The van der Waals surface area contributed by atoms with Crippen LogP contribution in [0.2, 0.25) is 0 Å². The highest BCUT2D eigenvalue weighted by atomic mass is 16.5. The molecule has 3 N–H and O–H groups in total. The van der Waals surface area contributed by atoms with E-state index in [0.717, 1.165) is 69.3 Å². The monoisotopic (exact) mass is 431 g/mol. The lowest BCUT2D eigenvalue weighted by Gasteiger charge is -2.24. The predicted molar refractivity (Wildman–Crippen MR) is 123 cm³/mol. The summed E-state index contributed by atoms with van der Waals surface area (Å²) in [5.74, 6) is 2.92. The number of carbonyl (C=O) groups excluding carboxylic acids is 1. The molecule has 8 heteroatoms. The fourth-order valence-electron chi connectivity index (χ4n) is 4.02. The molecule has 2 aliphatic rings. The quantitative estimate of drug-likeness (QED) is 0.297. The van der Waals surface area contributed by atoms with E-state index in [0.29, 0.717) is 12.6 Å². The van der Waals surface area contributed by atoms with Crippen LogP contribution >= 0.6 is 0 Å². The number of hydrogen-bond donors (Lipinski definition) is 3. The Hall–Kier alpha value is -2.48. The van der Waals surface area contributed by atoms with Crippen molar-refractivity contribution in [1.82, 2.24) is 20.9 Å². The summed E-state index contributed by atoms with van der Waals surface area (Å²) in [5.41, 5.74) is 1.18. The molecule has 1 aromatic rings. The van der Waals surface area contributed by atoms with Crippen LogP contribution in [0.25, 0.3) is 0 Å². The fraction of sp³-hybridized carbons (Fsp3) is 0.652. The molecule has 8 nitrogen and oxygen atoms in total. The number of nitrogens with zero attached hydrogens (tertiary/aromatic N) is 2. The van der Waals surface area contributed by atoms with Gasteiger partial charge in [0.1, 0.15) is 11.5 Å². The Labute approximate surface area is 185 Å². The summed E-state index contributed by atoms with van der Waals surface area (Å²) in [4.78, 5) is 18.6. The highest BCUT2D eigenvalue weighted by Gasteiger charge is 2.25. The van der Waals surface area contributed by atoms with Gasteiger partial charge in [-0.3, -0.25) is 14.7 Å². The van der Waals surface area contributed by atoms with Gasteiger partial charge in [0.15, 0.2) is 5.96 Å².